The van der Waals surface area contributed by atoms with Crippen molar-refractivity contribution in [3.63, 3.8) is 0 Å². The normalized spacial score (nSPS) is 20.6. The highest BCUT2D eigenvalue weighted by Crippen LogP contribution is 2.41. The highest BCUT2D eigenvalue weighted by atomic mass is 16.6. The summed E-state index contributed by atoms with van der Waals surface area (Å²) in [6.07, 6.45) is -0.188. The van der Waals surface area contributed by atoms with Crippen LogP contribution in [-0.2, 0) is 14.2 Å². The molecule has 38 heavy (non-hydrogen) atoms. The summed E-state index contributed by atoms with van der Waals surface area (Å²) in [7, 11) is 1.31. The molecule has 2 aromatic carbocycles. The average Bonchev–Trinajstić information content (AvgIpc) is 3.26. The van der Waals surface area contributed by atoms with Crippen LogP contribution in [0.2, 0.25) is 0 Å². The largest absolute Gasteiger partial charge is 0.490 e. The Morgan fingerprint density at radius 3 is 2.13 bits per heavy atom. The van der Waals surface area contributed by atoms with Gasteiger partial charge >= 0.3 is 17.6 Å². The van der Waals surface area contributed by atoms with E-state index in [1.54, 1.807) is 48.5 Å². The second-order valence-electron chi connectivity index (χ2n) is 9.29. The van der Waals surface area contributed by atoms with Crippen LogP contribution in [0.5, 0.6) is 5.75 Å². The number of benzene rings is 2. The smallest absolute Gasteiger partial charge is 0.338 e. The number of carbonyl (C=O) groups is 2. The summed E-state index contributed by atoms with van der Waals surface area (Å²) >= 11 is 0. The van der Waals surface area contributed by atoms with Crippen LogP contribution in [0, 0.1) is 13.8 Å². The minimum absolute atomic E-state index is 0.0721. The Labute approximate surface area is 219 Å². The predicted octanol–water partition coefficient (Wildman–Crippen LogP) is 3.31. The van der Waals surface area contributed by atoms with Gasteiger partial charge in [0.2, 0.25) is 5.75 Å². The first-order chi connectivity index (χ1) is 18.2. The number of aromatic nitrogens is 2. The summed E-state index contributed by atoms with van der Waals surface area (Å²) in [5, 5.41) is 0. The minimum atomic E-state index is -1.26. The number of esters is 2. The van der Waals surface area contributed by atoms with Gasteiger partial charge in [-0.15, -0.1) is 0 Å². The molecule has 1 aromatic heterocycles. The van der Waals surface area contributed by atoms with Gasteiger partial charge in [0.05, 0.1) is 24.4 Å². The molecule has 2 heterocycles. The van der Waals surface area contributed by atoms with Crippen molar-refractivity contribution in [2.24, 2.45) is 0 Å². The molecule has 0 radical (unpaired) electrons. The Balaban J connectivity index is 1.64. The van der Waals surface area contributed by atoms with E-state index < -0.39 is 41.1 Å². The number of aryl methyl sites for hydroxylation is 2. The highest BCUT2D eigenvalue weighted by Gasteiger charge is 2.52. The minimum Gasteiger partial charge on any atom is -0.490 e. The number of aromatic amines is 1. The molecule has 1 saturated heterocycles. The number of rotatable bonds is 8. The van der Waals surface area contributed by atoms with Crippen LogP contribution in [0.15, 0.2) is 64.3 Å². The number of H-pyrrole nitrogens is 1. The van der Waals surface area contributed by atoms with Crippen LogP contribution >= 0.6 is 0 Å². The van der Waals surface area contributed by atoms with Gasteiger partial charge in [-0.2, -0.15) is 0 Å². The third-order valence-electron chi connectivity index (χ3n) is 6.71. The predicted molar refractivity (Wildman–Crippen MR) is 137 cm³/mol. The second kappa shape index (κ2) is 11.1. The standard InChI is InChI=1S/C28H30N2O8/c1-5-28(16-36-25(32)19-10-6-17(2)7-11-19)22(37-26(33)20-12-8-18(3)9-13-20)14-23(38-28)30-15-21(35-4)24(31)29-27(30)34/h6-13,15,22-23H,5,14,16H2,1-4H3,(H,29,31,34)/t22-,23+,28+/m0/s1. The van der Waals surface area contributed by atoms with Crippen molar-refractivity contribution in [2.75, 3.05) is 13.7 Å². The molecular weight excluding hydrogens is 492 g/mol. The molecule has 0 unspecified atom stereocenters. The molecule has 0 bridgehead atoms. The molecule has 1 aliphatic rings. The van der Waals surface area contributed by atoms with E-state index in [-0.39, 0.29) is 18.8 Å². The lowest BCUT2D eigenvalue weighted by molar-refractivity contribution is -0.134. The quantitative estimate of drug-likeness (QED) is 0.447. The zero-order chi connectivity index (χ0) is 27.4. The van der Waals surface area contributed by atoms with Crippen molar-refractivity contribution in [1.82, 2.24) is 9.55 Å². The van der Waals surface area contributed by atoms with Gasteiger partial charge in [-0.3, -0.25) is 14.3 Å². The molecular formula is C28H30N2O8. The first-order valence-corrected chi connectivity index (χ1v) is 12.2. The average molecular weight is 523 g/mol. The molecule has 0 amide bonds. The Hall–Kier alpha value is -4.18. The number of hydrogen-bond donors (Lipinski definition) is 1. The van der Waals surface area contributed by atoms with Crippen LogP contribution in [0.25, 0.3) is 0 Å². The fraction of sp³-hybridized carbons (Fsp3) is 0.357. The maximum atomic E-state index is 13.0. The van der Waals surface area contributed by atoms with E-state index in [0.717, 1.165) is 11.1 Å². The van der Waals surface area contributed by atoms with Gasteiger partial charge in [0.25, 0.3) is 5.56 Å². The molecule has 3 aromatic rings. The van der Waals surface area contributed by atoms with Crippen LogP contribution < -0.4 is 16.0 Å². The molecule has 10 heteroatoms. The van der Waals surface area contributed by atoms with E-state index in [4.69, 9.17) is 18.9 Å². The molecule has 0 saturated carbocycles. The Morgan fingerprint density at radius 1 is 1.00 bits per heavy atom. The molecule has 1 N–H and O–H groups in total. The van der Waals surface area contributed by atoms with E-state index >= 15 is 0 Å². The van der Waals surface area contributed by atoms with Crippen LogP contribution in [0.1, 0.15) is 57.8 Å². The van der Waals surface area contributed by atoms with Crippen molar-refractivity contribution < 1.29 is 28.5 Å². The number of carbonyl (C=O) groups excluding carboxylic acids is 2. The Bertz CT molecular complexity index is 1420. The van der Waals surface area contributed by atoms with Crippen molar-refractivity contribution in [3.8, 4) is 5.75 Å². The summed E-state index contributed by atoms with van der Waals surface area (Å²) < 4.78 is 24.1. The van der Waals surface area contributed by atoms with Gasteiger partial charge in [-0.05, 0) is 44.5 Å². The fourth-order valence-corrected chi connectivity index (χ4v) is 4.33. The number of nitrogens with zero attached hydrogens (tertiary/aromatic N) is 1. The lowest BCUT2D eigenvalue weighted by Gasteiger charge is -2.32. The van der Waals surface area contributed by atoms with E-state index in [0.29, 0.717) is 17.5 Å². The molecule has 0 spiro atoms. The molecule has 200 valence electrons. The van der Waals surface area contributed by atoms with E-state index in [9.17, 15) is 19.2 Å². The van der Waals surface area contributed by atoms with Crippen LogP contribution in [-0.4, -0.2) is 46.9 Å². The topological polar surface area (TPSA) is 126 Å². The summed E-state index contributed by atoms with van der Waals surface area (Å²) in [5.74, 6) is -1.22. The van der Waals surface area contributed by atoms with Gasteiger partial charge in [0.1, 0.15) is 24.5 Å². The van der Waals surface area contributed by atoms with Gasteiger partial charge < -0.3 is 18.9 Å². The van der Waals surface area contributed by atoms with Crippen molar-refractivity contribution in [3.05, 3.63) is 97.8 Å². The van der Waals surface area contributed by atoms with Gasteiger partial charge in [0, 0.05) is 6.42 Å². The van der Waals surface area contributed by atoms with E-state index in [2.05, 4.69) is 4.98 Å². The van der Waals surface area contributed by atoms with Crippen LogP contribution in [0.3, 0.4) is 0 Å². The monoisotopic (exact) mass is 522 g/mol. The second-order valence-corrected chi connectivity index (χ2v) is 9.29. The number of hydrogen-bond acceptors (Lipinski definition) is 8. The molecule has 3 atom stereocenters. The molecule has 10 nitrogen and oxygen atoms in total. The third kappa shape index (κ3) is 5.55. The maximum Gasteiger partial charge on any atom is 0.338 e. The Morgan fingerprint density at radius 2 is 1.58 bits per heavy atom. The Kier molecular flexibility index (Phi) is 7.82. The zero-order valence-electron chi connectivity index (χ0n) is 21.7. The number of ether oxygens (including phenoxy) is 4. The maximum absolute atomic E-state index is 13.0. The SMILES string of the molecule is CC[C@]1(COC(=O)c2ccc(C)cc2)O[C@@H](n2cc(OC)c(=O)[nH]c2=O)C[C@@H]1OC(=O)c1ccc(C)cc1. The lowest BCUT2D eigenvalue weighted by Crippen LogP contribution is -2.46. The third-order valence-corrected chi connectivity index (χ3v) is 6.71. The van der Waals surface area contributed by atoms with Gasteiger partial charge in [-0.25, -0.2) is 14.4 Å². The summed E-state index contributed by atoms with van der Waals surface area (Å²) in [4.78, 5) is 52.6. The van der Waals surface area contributed by atoms with Crippen LogP contribution in [0.4, 0.5) is 0 Å². The van der Waals surface area contributed by atoms with Crippen molar-refractivity contribution in [1.29, 1.82) is 0 Å². The van der Waals surface area contributed by atoms with Gasteiger partial charge in [-0.1, -0.05) is 42.3 Å². The lowest BCUT2D eigenvalue weighted by atomic mass is 9.94. The first kappa shape index (κ1) is 26.9. The summed E-state index contributed by atoms with van der Waals surface area (Å²) in [6, 6.07) is 13.8. The number of methoxy groups -OCH3 is 1. The molecule has 4 rings (SSSR count). The van der Waals surface area contributed by atoms with E-state index in [1.807, 2.05) is 20.8 Å². The number of nitrogens with one attached hydrogen (secondary N) is 1. The van der Waals surface area contributed by atoms with Crippen molar-refractivity contribution >= 4 is 11.9 Å². The zero-order valence-corrected chi connectivity index (χ0v) is 21.7. The summed E-state index contributed by atoms with van der Waals surface area (Å²) in [6.45, 7) is 5.40. The molecule has 1 fully saturated rings. The fourth-order valence-electron chi connectivity index (χ4n) is 4.33. The summed E-state index contributed by atoms with van der Waals surface area (Å²) in [5.41, 5.74) is 0.0564. The molecule has 0 aliphatic carbocycles. The molecule has 1 aliphatic heterocycles. The van der Waals surface area contributed by atoms with Crippen molar-refractivity contribution in [2.45, 2.75) is 51.5 Å². The highest BCUT2D eigenvalue weighted by molar-refractivity contribution is 5.90. The van der Waals surface area contributed by atoms with E-state index in [1.165, 1.54) is 17.9 Å². The van der Waals surface area contributed by atoms with Gasteiger partial charge in [0.15, 0.2) is 0 Å². The first-order valence-electron chi connectivity index (χ1n) is 12.2.